The summed E-state index contributed by atoms with van der Waals surface area (Å²) in [5, 5.41) is 35.6. The number of nitrogens with zero attached hydrogens (tertiary/aromatic N) is 5. The summed E-state index contributed by atoms with van der Waals surface area (Å²) in [6.45, 7) is 5.07. The van der Waals surface area contributed by atoms with Gasteiger partial charge < -0.3 is 25.4 Å². The number of anilines is 3. The largest absolute Gasteiger partial charge is 0.508 e. The van der Waals surface area contributed by atoms with Crippen LogP contribution in [0, 0.1) is 17.0 Å². The SMILES string of the molecule is COc1c(Nc2cc(C)[nH]n2)nc(Sc2ccc([SH](=O)(P)Cc3cc([N+](=O)[O-])ccc3O)cc2)nc1N1CCNCC1. The third kappa shape index (κ3) is 6.81. The Labute approximate surface area is 249 Å². The normalized spacial score (nSPS) is 14.0. The molecule has 2 aromatic heterocycles. The van der Waals surface area contributed by atoms with Crippen molar-refractivity contribution in [2.45, 2.75) is 27.6 Å². The van der Waals surface area contributed by atoms with E-state index in [0.29, 0.717) is 33.3 Å². The summed E-state index contributed by atoms with van der Waals surface area (Å²) in [6.07, 6.45) is 0. The van der Waals surface area contributed by atoms with E-state index in [1.54, 1.807) is 19.2 Å². The van der Waals surface area contributed by atoms with Gasteiger partial charge in [0.25, 0.3) is 5.69 Å². The van der Waals surface area contributed by atoms with Crippen LogP contribution < -0.4 is 20.3 Å². The Bertz CT molecular complexity index is 1650. The predicted octanol–water partition coefficient (Wildman–Crippen LogP) is 3.80. The van der Waals surface area contributed by atoms with Gasteiger partial charge >= 0.3 is 0 Å². The van der Waals surface area contributed by atoms with Gasteiger partial charge in [0.1, 0.15) is 5.75 Å². The Hall–Kier alpha value is -3.78. The number of aromatic nitrogens is 4. The molecule has 1 saturated heterocycles. The summed E-state index contributed by atoms with van der Waals surface area (Å²) in [5.74, 6) is 2.09. The molecule has 13 nitrogen and oxygen atoms in total. The maximum absolute atomic E-state index is 13.6. The van der Waals surface area contributed by atoms with E-state index in [1.807, 2.05) is 25.1 Å². The molecule has 4 N–H and O–H groups in total. The highest BCUT2D eigenvalue weighted by Crippen LogP contribution is 2.39. The van der Waals surface area contributed by atoms with Gasteiger partial charge in [-0.2, -0.15) is 5.10 Å². The van der Waals surface area contributed by atoms with E-state index in [1.165, 1.54) is 30.0 Å². The van der Waals surface area contributed by atoms with Gasteiger partial charge in [-0.15, -0.1) is 0 Å². The molecule has 1 aliphatic heterocycles. The van der Waals surface area contributed by atoms with E-state index in [9.17, 15) is 19.4 Å². The Morgan fingerprint density at radius 1 is 1.19 bits per heavy atom. The highest BCUT2D eigenvalue weighted by atomic mass is 32.8. The number of rotatable bonds is 10. The van der Waals surface area contributed by atoms with Gasteiger partial charge in [0.2, 0.25) is 5.75 Å². The first-order chi connectivity index (χ1) is 20.1. The number of methoxy groups -OCH3 is 1. The average molecular weight is 631 g/mol. The molecule has 0 aliphatic carbocycles. The number of hydrogen-bond acceptors (Lipinski definition) is 12. The second-order valence-electron chi connectivity index (χ2n) is 9.63. The fourth-order valence-corrected chi connectivity index (χ4v) is 7.91. The lowest BCUT2D eigenvalue weighted by Crippen LogP contribution is -2.44. The highest BCUT2D eigenvalue weighted by molar-refractivity contribution is 8.44. The van der Waals surface area contributed by atoms with Crippen LogP contribution in [0.2, 0.25) is 0 Å². The average Bonchev–Trinajstić information content (AvgIpc) is 3.38. The van der Waals surface area contributed by atoms with Gasteiger partial charge in [-0.25, -0.2) is 9.97 Å². The minimum absolute atomic E-state index is 0.0466. The first kappa shape index (κ1) is 29.7. The first-order valence-corrected chi connectivity index (χ1v) is 17.3. The van der Waals surface area contributed by atoms with Crippen molar-refractivity contribution in [3.05, 3.63) is 69.9 Å². The van der Waals surface area contributed by atoms with Crippen LogP contribution in [-0.4, -0.2) is 67.7 Å². The molecule has 3 heterocycles. The smallest absolute Gasteiger partial charge is 0.270 e. The fraction of sp³-hybridized carbons (Fsp3) is 0.269. The minimum atomic E-state index is -3.08. The number of nitro groups is 1. The van der Waals surface area contributed by atoms with Crippen molar-refractivity contribution >= 4 is 52.9 Å². The van der Waals surface area contributed by atoms with Gasteiger partial charge in [0, 0.05) is 71.2 Å². The number of nitro benzene ring substituents is 1. The monoisotopic (exact) mass is 630 g/mol. The Morgan fingerprint density at radius 2 is 1.93 bits per heavy atom. The third-order valence-corrected chi connectivity index (χ3v) is 10.9. The number of nitrogens with one attached hydrogen (secondary N) is 3. The van der Waals surface area contributed by atoms with Crippen molar-refractivity contribution in [1.82, 2.24) is 25.5 Å². The summed E-state index contributed by atoms with van der Waals surface area (Å²) >= 11 is 1.35. The summed E-state index contributed by atoms with van der Waals surface area (Å²) < 4.78 is 19.4. The molecule has 222 valence electrons. The number of H-pyrrole nitrogens is 1. The summed E-state index contributed by atoms with van der Waals surface area (Å²) in [7, 11) is 0.876. The standard InChI is InChI=1S/C26H31N8O5PS2/c1-16-13-22(32-31-16)28-24-23(39-2)25(33-11-9-27-10-12-33)30-26(29-24)41-19-4-6-20(7-5-19)42(38,40)15-17-14-18(34(36)37)3-8-21(17)35/h3-8,13-14,27,35,42H,9-12,15,40H2,1-2H3,(H2,28,29,30,31,32). The van der Waals surface area contributed by atoms with Crippen molar-refractivity contribution in [2.75, 3.05) is 43.5 Å². The molecule has 1 aliphatic rings. The molecule has 4 aromatic rings. The molecule has 1 fully saturated rings. The lowest BCUT2D eigenvalue weighted by atomic mass is 10.2. The molecule has 42 heavy (non-hydrogen) atoms. The maximum atomic E-state index is 13.6. The third-order valence-electron chi connectivity index (χ3n) is 6.56. The molecular weight excluding hydrogens is 599 g/mol. The lowest BCUT2D eigenvalue weighted by molar-refractivity contribution is -0.384. The number of aromatic amines is 1. The zero-order valence-corrected chi connectivity index (χ0v) is 25.8. The number of phenolic OH excluding ortho intramolecular Hbond substituents is 1. The predicted molar refractivity (Wildman–Crippen MR) is 167 cm³/mol. The van der Waals surface area contributed by atoms with Gasteiger partial charge in [-0.1, -0.05) is 18.0 Å². The summed E-state index contributed by atoms with van der Waals surface area (Å²) in [6, 6.07) is 12.7. The molecule has 1 unspecified atom stereocenters. The van der Waals surface area contributed by atoms with Crippen LogP contribution in [0.5, 0.6) is 11.5 Å². The molecule has 5 rings (SSSR count). The van der Waals surface area contributed by atoms with Crippen LogP contribution >= 0.6 is 20.2 Å². The van der Waals surface area contributed by atoms with Gasteiger partial charge in [-0.05, 0) is 49.0 Å². The van der Waals surface area contributed by atoms with Crippen molar-refractivity contribution in [1.29, 1.82) is 0 Å². The molecule has 16 heteroatoms. The number of thiol groups is 1. The second kappa shape index (κ2) is 12.6. The van der Waals surface area contributed by atoms with E-state index in [-0.39, 0.29) is 22.8 Å². The number of benzene rings is 2. The maximum Gasteiger partial charge on any atom is 0.270 e. The Morgan fingerprint density at radius 3 is 2.57 bits per heavy atom. The van der Waals surface area contributed by atoms with Crippen LogP contribution in [0.4, 0.5) is 23.1 Å². The first-order valence-electron chi connectivity index (χ1n) is 13.0. The Balaban J connectivity index is 1.41. The van der Waals surface area contributed by atoms with E-state index in [4.69, 9.17) is 14.7 Å². The number of phenols is 1. The number of piperazine rings is 1. The van der Waals surface area contributed by atoms with E-state index < -0.39 is 14.5 Å². The van der Waals surface area contributed by atoms with Gasteiger partial charge in [-0.3, -0.25) is 19.4 Å². The van der Waals surface area contributed by atoms with Gasteiger partial charge in [0.15, 0.2) is 22.6 Å². The molecule has 0 spiro atoms. The molecular formula is C26H31N8O5PS2. The van der Waals surface area contributed by atoms with Gasteiger partial charge in [0.05, 0.1) is 12.0 Å². The number of aromatic hydroxyl groups is 1. The zero-order valence-electron chi connectivity index (χ0n) is 22.9. The molecule has 0 bridgehead atoms. The molecule has 0 amide bonds. The molecule has 1 atom stereocenters. The van der Waals surface area contributed by atoms with Crippen LogP contribution in [0.1, 0.15) is 11.3 Å². The molecule has 0 saturated carbocycles. The Kier molecular flexibility index (Phi) is 8.92. The number of aryl methyl sites for hydroxylation is 1. The zero-order chi connectivity index (χ0) is 29.9. The number of ether oxygens (including phenoxy) is 1. The lowest BCUT2D eigenvalue weighted by Gasteiger charge is -2.30. The summed E-state index contributed by atoms with van der Waals surface area (Å²) in [5.41, 5.74) is 0.977. The van der Waals surface area contributed by atoms with Crippen molar-refractivity contribution in [3.8, 4) is 11.5 Å². The molecule has 0 radical (unpaired) electrons. The molecule has 2 aromatic carbocycles. The number of non-ortho nitro benzene ring substituents is 1. The van der Waals surface area contributed by atoms with E-state index in [2.05, 4.69) is 34.2 Å². The highest BCUT2D eigenvalue weighted by Gasteiger charge is 2.24. The van der Waals surface area contributed by atoms with E-state index >= 15 is 0 Å². The summed E-state index contributed by atoms with van der Waals surface area (Å²) in [4.78, 5) is 23.7. The van der Waals surface area contributed by atoms with Crippen molar-refractivity contribution in [3.63, 3.8) is 0 Å². The van der Waals surface area contributed by atoms with E-state index in [0.717, 1.165) is 36.8 Å². The fourth-order valence-electron chi connectivity index (χ4n) is 4.46. The topological polar surface area (TPSA) is 171 Å². The van der Waals surface area contributed by atoms with Crippen LogP contribution in [-0.2, 0) is 15.3 Å². The number of hydrogen-bond donors (Lipinski definition) is 5. The van der Waals surface area contributed by atoms with Crippen molar-refractivity contribution < 1.29 is 19.0 Å². The van der Waals surface area contributed by atoms with Crippen molar-refractivity contribution in [2.24, 2.45) is 0 Å². The second-order valence-corrected chi connectivity index (χ2v) is 15.6. The van der Waals surface area contributed by atoms with Crippen LogP contribution in [0.15, 0.2) is 63.5 Å². The minimum Gasteiger partial charge on any atom is -0.508 e. The quantitative estimate of drug-likeness (QED) is 0.0565. The van der Waals surface area contributed by atoms with Crippen LogP contribution in [0.3, 0.4) is 0 Å². The van der Waals surface area contributed by atoms with Crippen LogP contribution in [0.25, 0.3) is 0 Å².